The molecule has 0 amide bonds. The largest absolute Gasteiger partial charge is 0.456 e. The van der Waals surface area contributed by atoms with Crippen LogP contribution in [-0.4, -0.2) is 6.61 Å². The summed E-state index contributed by atoms with van der Waals surface area (Å²) in [5.41, 5.74) is 7.08. The SMILES string of the molecule is CCOCc1cc(C(C)(C)C)cc2c1Oc1c(CCl)cc(C(C)(C)C)cc1C2(C)C. The van der Waals surface area contributed by atoms with Gasteiger partial charge in [-0.05, 0) is 34.9 Å². The maximum Gasteiger partial charge on any atom is 0.137 e. The van der Waals surface area contributed by atoms with Crippen LogP contribution in [0.2, 0.25) is 0 Å². The normalized spacial score (nSPS) is 15.4. The van der Waals surface area contributed by atoms with E-state index < -0.39 is 0 Å². The van der Waals surface area contributed by atoms with Crippen LogP contribution in [0.15, 0.2) is 24.3 Å². The van der Waals surface area contributed by atoms with Gasteiger partial charge in [-0.3, -0.25) is 0 Å². The molecule has 0 N–H and O–H groups in total. The van der Waals surface area contributed by atoms with E-state index >= 15 is 0 Å². The molecule has 164 valence electrons. The average Bonchev–Trinajstić information content (AvgIpc) is 2.64. The van der Waals surface area contributed by atoms with Gasteiger partial charge in [0.1, 0.15) is 11.5 Å². The average molecular weight is 429 g/mol. The van der Waals surface area contributed by atoms with Gasteiger partial charge < -0.3 is 9.47 Å². The number of hydrogen-bond donors (Lipinski definition) is 0. The molecule has 1 aliphatic heterocycles. The topological polar surface area (TPSA) is 18.5 Å². The molecule has 0 bridgehead atoms. The molecule has 1 aliphatic rings. The van der Waals surface area contributed by atoms with E-state index in [1.54, 1.807) is 0 Å². The number of ether oxygens (including phenoxy) is 2. The van der Waals surface area contributed by atoms with Crippen LogP contribution < -0.4 is 4.74 Å². The van der Waals surface area contributed by atoms with Gasteiger partial charge in [0, 0.05) is 34.3 Å². The minimum Gasteiger partial charge on any atom is -0.456 e. The van der Waals surface area contributed by atoms with Gasteiger partial charge in [0.2, 0.25) is 0 Å². The molecular formula is C27H37ClO2. The van der Waals surface area contributed by atoms with Crippen LogP contribution in [0.4, 0.5) is 0 Å². The molecule has 0 aromatic heterocycles. The van der Waals surface area contributed by atoms with E-state index in [4.69, 9.17) is 21.1 Å². The van der Waals surface area contributed by atoms with Crippen molar-refractivity contribution in [1.82, 2.24) is 0 Å². The van der Waals surface area contributed by atoms with Crippen molar-refractivity contribution in [2.24, 2.45) is 0 Å². The van der Waals surface area contributed by atoms with Crippen molar-refractivity contribution in [1.29, 1.82) is 0 Å². The lowest BCUT2D eigenvalue weighted by molar-refractivity contribution is 0.132. The lowest BCUT2D eigenvalue weighted by atomic mass is 9.71. The third-order valence-corrected chi connectivity index (χ3v) is 6.51. The van der Waals surface area contributed by atoms with Crippen LogP contribution in [0.3, 0.4) is 0 Å². The Morgan fingerprint density at radius 3 is 1.73 bits per heavy atom. The summed E-state index contributed by atoms with van der Waals surface area (Å²) in [6.45, 7) is 21.4. The standard InChI is InChI=1S/C27H37ClO2/c1-10-29-16-18-12-20(26(5,6)7)14-22-24(18)30-23-17(15-28)11-19(25(2,3)4)13-21(23)27(22,8)9/h11-14H,10,15-16H2,1-9H3. The van der Waals surface area contributed by atoms with Gasteiger partial charge in [-0.2, -0.15) is 0 Å². The third-order valence-electron chi connectivity index (χ3n) is 6.22. The quantitative estimate of drug-likeness (QED) is 0.459. The molecule has 1 heterocycles. The molecule has 3 heteroatoms. The molecular weight excluding hydrogens is 392 g/mol. The Hall–Kier alpha value is -1.51. The summed E-state index contributed by atoms with van der Waals surface area (Å²) >= 11 is 6.41. The fourth-order valence-electron chi connectivity index (χ4n) is 4.08. The highest BCUT2D eigenvalue weighted by Crippen LogP contribution is 2.52. The van der Waals surface area contributed by atoms with Crippen LogP contribution in [-0.2, 0) is 33.5 Å². The summed E-state index contributed by atoms with van der Waals surface area (Å²) in [6.07, 6.45) is 0. The number of fused-ring (bicyclic) bond motifs is 2. The molecule has 2 aromatic rings. The second kappa shape index (κ2) is 7.88. The van der Waals surface area contributed by atoms with Gasteiger partial charge in [-0.15, -0.1) is 11.6 Å². The molecule has 0 radical (unpaired) electrons. The van der Waals surface area contributed by atoms with Crippen LogP contribution in [0.5, 0.6) is 11.5 Å². The zero-order valence-electron chi connectivity index (χ0n) is 20.1. The fraction of sp³-hybridized carbons (Fsp3) is 0.556. The number of halogens is 1. The smallest absolute Gasteiger partial charge is 0.137 e. The van der Waals surface area contributed by atoms with Crippen LogP contribution in [0, 0.1) is 0 Å². The molecule has 0 spiro atoms. The minimum absolute atomic E-state index is 0.0413. The summed E-state index contributed by atoms with van der Waals surface area (Å²) in [4.78, 5) is 0. The van der Waals surface area contributed by atoms with Gasteiger partial charge >= 0.3 is 0 Å². The molecule has 0 fully saturated rings. The van der Waals surface area contributed by atoms with Crippen molar-refractivity contribution in [2.75, 3.05) is 6.61 Å². The summed E-state index contributed by atoms with van der Waals surface area (Å²) in [7, 11) is 0. The minimum atomic E-state index is -0.201. The Kier molecular flexibility index (Phi) is 6.08. The van der Waals surface area contributed by atoms with E-state index in [2.05, 4.69) is 79.7 Å². The first-order chi connectivity index (χ1) is 13.8. The molecule has 0 aliphatic carbocycles. The molecule has 0 unspecified atom stereocenters. The zero-order valence-corrected chi connectivity index (χ0v) is 20.9. The fourth-order valence-corrected chi connectivity index (χ4v) is 4.28. The van der Waals surface area contributed by atoms with Crippen molar-refractivity contribution in [3.8, 4) is 11.5 Å². The summed E-state index contributed by atoms with van der Waals surface area (Å²) in [5.74, 6) is 2.28. The second-order valence-corrected chi connectivity index (χ2v) is 11.3. The van der Waals surface area contributed by atoms with Crippen molar-refractivity contribution >= 4 is 11.6 Å². The number of alkyl halides is 1. The lowest BCUT2D eigenvalue weighted by Gasteiger charge is -2.39. The van der Waals surface area contributed by atoms with Crippen molar-refractivity contribution in [2.45, 2.75) is 91.0 Å². The maximum absolute atomic E-state index is 6.63. The van der Waals surface area contributed by atoms with E-state index in [0.717, 1.165) is 22.6 Å². The molecule has 30 heavy (non-hydrogen) atoms. The highest BCUT2D eigenvalue weighted by molar-refractivity contribution is 6.17. The van der Waals surface area contributed by atoms with Gasteiger partial charge in [0.25, 0.3) is 0 Å². The summed E-state index contributed by atoms with van der Waals surface area (Å²) in [6, 6.07) is 9.11. The zero-order chi connectivity index (χ0) is 22.5. The number of rotatable bonds is 4. The van der Waals surface area contributed by atoms with Crippen molar-refractivity contribution in [3.63, 3.8) is 0 Å². The Morgan fingerprint density at radius 2 is 1.30 bits per heavy atom. The third kappa shape index (κ3) is 4.14. The van der Waals surface area contributed by atoms with E-state index in [9.17, 15) is 0 Å². The Bertz CT molecular complexity index is 943. The van der Waals surface area contributed by atoms with Gasteiger partial charge in [0.05, 0.1) is 12.5 Å². The monoisotopic (exact) mass is 428 g/mol. The molecule has 0 saturated heterocycles. The van der Waals surface area contributed by atoms with Crippen molar-refractivity contribution in [3.05, 3.63) is 57.6 Å². The van der Waals surface area contributed by atoms with E-state index in [-0.39, 0.29) is 16.2 Å². The first-order valence-corrected chi connectivity index (χ1v) is 11.5. The summed E-state index contributed by atoms with van der Waals surface area (Å²) < 4.78 is 12.5. The number of hydrogen-bond acceptors (Lipinski definition) is 2. The van der Waals surface area contributed by atoms with Crippen LogP contribution in [0.25, 0.3) is 0 Å². The highest BCUT2D eigenvalue weighted by atomic mass is 35.5. The maximum atomic E-state index is 6.63. The van der Waals surface area contributed by atoms with E-state index in [0.29, 0.717) is 19.1 Å². The Labute approximate surface area is 187 Å². The highest BCUT2D eigenvalue weighted by Gasteiger charge is 2.38. The van der Waals surface area contributed by atoms with Crippen molar-refractivity contribution < 1.29 is 9.47 Å². The molecule has 3 rings (SSSR count). The van der Waals surface area contributed by atoms with Gasteiger partial charge in [-0.1, -0.05) is 73.6 Å². The molecule has 0 atom stereocenters. The van der Waals surface area contributed by atoms with E-state index in [1.807, 2.05) is 6.92 Å². The predicted octanol–water partition coefficient (Wildman–Crippen LogP) is 7.99. The van der Waals surface area contributed by atoms with Crippen LogP contribution >= 0.6 is 11.6 Å². The first kappa shape index (κ1) is 23.2. The van der Waals surface area contributed by atoms with Crippen LogP contribution in [0.1, 0.15) is 95.7 Å². The number of benzene rings is 2. The molecule has 2 aromatic carbocycles. The van der Waals surface area contributed by atoms with Gasteiger partial charge in [0.15, 0.2) is 0 Å². The molecule has 0 saturated carbocycles. The second-order valence-electron chi connectivity index (χ2n) is 11.0. The summed E-state index contributed by atoms with van der Waals surface area (Å²) in [5, 5.41) is 0. The Balaban J connectivity index is 2.30. The Morgan fingerprint density at radius 1 is 0.833 bits per heavy atom. The van der Waals surface area contributed by atoms with E-state index in [1.165, 1.54) is 22.3 Å². The first-order valence-electron chi connectivity index (χ1n) is 11.0. The lowest BCUT2D eigenvalue weighted by Crippen LogP contribution is -2.28. The van der Waals surface area contributed by atoms with Gasteiger partial charge in [-0.25, -0.2) is 0 Å². The predicted molar refractivity (Wildman–Crippen MR) is 127 cm³/mol. The molecule has 2 nitrogen and oxygen atoms in total.